The summed E-state index contributed by atoms with van der Waals surface area (Å²) in [5.41, 5.74) is 1.56. The zero-order valence-corrected chi connectivity index (χ0v) is 23.8. The Hall–Kier alpha value is -4.17. The van der Waals surface area contributed by atoms with E-state index in [9.17, 15) is 9.59 Å². The summed E-state index contributed by atoms with van der Waals surface area (Å²) in [6, 6.07) is 20.7. The van der Waals surface area contributed by atoms with Crippen LogP contribution in [0.4, 0.5) is 10.1 Å². The number of benzene rings is 3. The Morgan fingerprint density at radius 3 is 2.32 bits per heavy atom. The molecule has 3 aromatic carbocycles. The van der Waals surface area contributed by atoms with E-state index in [4.69, 9.17) is 16.3 Å². The van der Waals surface area contributed by atoms with Crippen LogP contribution in [0.3, 0.4) is 0 Å². The molecule has 1 aromatic heterocycles. The number of rotatable bonds is 8. The highest BCUT2D eigenvalue weighted by atomic mass is 35.5. The number of nitrogens with zero attached hydrogens (tertiary/aromatic N) is 3. The van der Waals surface area contributed by atoms with Gasteiger partial charge in [-0.25, -0.2) is 9.07 Å². The molecule has 0 radical (unpaired) electrons. The Morgan fingerprint density at radius 1 is 1.00 bits per heavy atom. The summed E-state index contributed by atoms with van der Waals surface area (Å²) >= 11 is 6.80. The molecule has 0 aliphatic heterocycles. The van der Waals surface area contributed by atoms with Crippen molar-refractivity contribution < 1.29 is 18.7 Å². The van der Waals surface area contributed by atoms with Crippen LogP contribution in [0.5, 0.6) is 5.75 Å². The summed E-state index contributed by atoms with van der Waals surface area (Å²) in [5, 5.41) is 7.73. The molecule has 9 heteroatoms. The van der Waals surface area contributed by atoms with Crippen LogP contribution >= 0.6 is 11.6 Å². The van der Waals surface area contributed by atoms with Crippen LogP contribution in [-0.4, -0.2) is 34.7 Å². The topological polar surface area (TPSA) is 76.5 Å². The number of carbonyl (C=O) groups excluding carboxylic acids is 2. The third kappa shape index (κ3) is 5.98. The van der Waals surface area contributed by atoms with Gasteiger partial charge in [-0.1, -0.05) is 73.3 Å². The lowest BCUT2D eigenvalue weighted by molar-refractivity contribution is -0.123. The van der Waals surface area contributed by atoms with Gasteiger partial charge in [0.05, 0.1) is 24.2 Å². The zero-order chi connectivity index (χ0) is 28.9. The van der Waals surface area contributed by atoms with Crippen LogP contribution in [0, 0.1) is 12.7 Å². The Labute approximate surface area is 243 Å². The van der Waals surface area contributed by atoms with Gasteiger partial charge in [0.2, 0.25) is 5.91 Å². The second kappa shape index (κ2) is 12.6. The van der Waals surface area contributed by atoms with E-state index >= 15 is 4.39 Å². The Bertz CT molecular complexity index is 1520. The van der Waals surface area contributed by atoms with Gasteiger partial charge < -0.3 is 10.1 Å². The van der Waals surface area contributed by atoms with Gasteiger partial charge in [0.1, 0.15) is 28.3 Å². The number of nitrogens with one attached hydrogen (secondary N) is 1. The van der Waals surface area contributed by atoms with Crippen molar-refractivity contribution in [1.82, 2.24) is 15.1 Å². The first-order chi connectivity index (χ1) is 19.9. The zero-order valence-electron chi connectivity index (χ0n) is 23.0. The number of ether oxygens (including phenoxy) is 1. The van der Waals surface area contributed by atoms with Crippen LogP contribution < -0.4 is 15.0 Å². The number of anilines is 1. The van der Waals surface area contributed by atoms with Crippen molar-refractivity contribution in [3.63, 3.8) is 0 Å². The SMILES string of the molecule is COc1ccc([C@@H](C(=O)NC2CCCCC2)N(C(=O)c2c(C)nn(-c3ccccc3)c2Cl)c2ccccc2F)cc1. The minimum absolute atomic E-state index is 0.0271. The van der Waals surface area contributed by atoms with Crippen LogP contribution in [0.15, 0.2) is 78.9 Å². The summed E-state index contributed by atoms with van der Waals surface area (Å²) in [6.07, 6.45) is 4.85. The lowest BCUT2D eigenvalue weighted by Crippen LogP contribution is -2.47. The number of para-hydroxylation sites is 2. The van der Waals surface area contributed by atoms with E-state index in [1.54, 1.807) is 44.4 Å². The number of methoxy groups -OCH3 is 1. The number of aryl methyl sites for hydroxylation is 1. The highest BCUT2D eigenvalue weighted by molar-refractivity contribution is 6.34. The number of hydrogen-bond acceptors (Lipinski definition) is 4. The fourth-order valence-electron chi connectivity index (χ4n) is 5.35. The van der Waals surface area contributed by atoms with Crippen molar-refractivity contribution in [2.24, 2.45) is 0 Å². The molecule has 0 spiro atoms. The van der Waals surface area contributed by atoms with Crippen molar-refractivity contribution in [2.75, 3.05) is 12.0 Å². The predicted octanol–water partition coefficient (Wildman–Crippen LogP) is 6.82. The average Bonchev–Trinajstić information content (AvgIpc) is 3.30. The normalized spacial score (nSPS) is 14.3. The second-order valence-electron chi connectivity index (χ2n) is 10.1. The molecule has 1 heterocycles. The standard InChI is InChI=1S/C32H32ClFN4O3/c1-21-28(30(33)38(36-21)24-13-7-4-8-14-24)32(40)37(27-16-10-9-15-26(27)34)29(22-17-19-25(41-2)20-18-22)31(39)35-23-11-5-3-6-12-23/h4,7-10,13-20,23,29H,3,5-6,11-12H2,1-2H3,(H,35,39)/t29-/m0/s1. The number of halogens is 2. The van der Waals surface area contributed by atoms with Gasteiger partial charge in [-0.2, -0.15) is 5.10 Å². The maximum atomic E-state index is 15.5. The summed E-state index contributed by atoms with van der Waals surface area (Å²) in [4.78, 5) is 29.8. The second-order valence-corrected chi connectivity index (χ2v) is 10.5. The Kier molecular flexibility index (Phi) is 8.69. The molecule has 0 unspecified atom stereocenters. The van der Waals surface area contributed by atoms with Crippen molar-refractivity contribution in [3.8, 4) is 11.4 Å². The molecule has 0 saturated heterocycles. The maximum Gasteiger partial charge on any atom is 0.264 e. The molecule has 2 amide bonds. The van der Waals surface area contributed by atoms with Crippen molar-refractivity contribution in [3.05, 3.63) is 107 Å². The van der Waals surface area contributed by atoms with Gasteiger partial charge in [0.15, 0.2) is 0 Å². The van der Waals surface area contributed by atoms with E-state index in [1.807, 2.05) is 30.3 Å². The van der Waals surface area contributed by atoms with Crippen molar-refractivity contribution in [2.45, 2.75) is 51.1 Å². The average molecular weight is 575 g/mol. The molecule has 1 aliphatic carbocycles. The lowest BCUT2D eigenvalue weighted by Gasteiger charge is -2.33. The molecule has 0 bridgehead atoms. The molecule has 1 fully saturated rings. The first-order valence-corrected chi connectivity index (χ1v) is 14.1. The largest absolute Gasteiger partial charge is 0.497 e. The molecular weight excluding hydrogens is 543 g/mol. The van der Waals surface area contributed by atoms with Crippen molar-refractivity contribution >= 4 is 29.1 Å². The minimum Gasteiger partial charge on any atom is -0.497 e. The van der Waals surface area contributed by atoms with Crippen LogP contribution in [-0.2, 0) is 4.79 Å². The van der Waals surface area contributed by atoms with Gasteiger partial charge >= 0.3 is 0 Å². The van der Waals surface area contributed by atoms with E-state index < -0.39 is 23.7 Å². The van der Waals surface area contributed by atoms with Gasteiger partial charge in [-0.3, -0.25) is 14.5 Å². The third-order valence-corrected chi connectivity index (χ3v) is 7.79. The first kappa shape index (κ1) is 28.4. The fraction of sp³-hybridized carbons (Fsp3) is 0.281. The number of carbonyl (C=O) groups is 2. The molecule has 4 aromatic rings. The molecule has 1 saturated carbocycles. The fourth-order valence-corrected chi connectivity index (χ4v) is 5.70. The van der Waals surface area contributed by atoms with Gasteiger partial charge in [-0.05, 0) is 61.7 Å². The summed E-state index contributed by atoms with van der Waals surface area (Å²) in [6.45, 7) is 1.67. The van der Waals surface area contributed by atoms with Crippen LogP contribution in [0.1, 0.15) is 59.8 Å². The van der Waals surface area contributed by atoms with Gasteiger partial charge in [-0.15, -0.1) is 0 Å². The summed E-state index contributed by atoms with van der Waals surface area (Å²) in [7, 11) is 1.55. The molecule has 1 aliphatic rings. The van der Waals surface area contributed by atoms with E-state index in [2.05, 4.69) is 10.4 Å². The minimum atomic E-state index is -1.19. The molecule has 212 valence electrons. The number of aromatic nitrogens is 2. The molecule has 5 rings (SSSR count). The van der Waals surface area contributed by atoms with E-state index in [0.29, 0.717) is 22.7 Å². The molecule has 1 N–H and O–H groups in total. The van der Waals surface area contributed by atoms with Crippen LogP contribution in [0.2, 0.25) is 5.15 Å². The molecule has 7 nitrogen and oxygen atoms in total. The van der Waals surface area contributed by atoms with E-state index in [1.165, 1.54) is 27.8 Å². The van der Waals surface area contributed by atoms with E-state index in [-0.39, 0.29) is 22.4 Å². The van der Waals surface area contributed by atoms with E-state index in [0.717, 1.165) is 32.1 Å². The number of amides is 2. The Balaban J connectivity index is 1.65. The molecular formula is C32H32ClFN4O3. The maximum absolute atomic E-state index is 15.5. The van der Waals surface area contributed by atoms with Crippen LogP contribution in [0.25, 0.3) is 5.69 Å². The highest BCUT2D eigenvalue weighted by Crippen LogP contribution is 2.35. The monoisotopic (exact) mass is 574 g/mol. The highest BCUT2D eigenvalue weighted by Gasteiger charge is 2.38. The number of hydrogen-bond donors (Lipinski definition) is 1. The van der Waals surface area contributed by atoms with Gasteiger partial charge in [0, 0.05) is 6.04 Å². The van der Waals surface area contributed by atoms with Crippen molar-refractivity contribution in [1.29, 1.82) is 0 Å². The first-order valence-electron chi connectivity index (χ1n) is 13.7. The van der Waals surface area contributed by atoms with Gasteiger partial charge in [0.25, 0.3) is 5.91 Å². The quantitative estimate of drug-likeness (QED) is 0.250. The molecule has 1 atom stereocenters. The molecule has 41 heavy (non-hydrogen) atoms. The smallest absolute Gasteiger partial charge is 0.264 e. The summed E-state index contributed by atoms with van der Waals surface area (Å²) < 4.78 is 22.3. The predicted molar refractivity (Wildman–Crippen MR) is 157 cm³/mol. The third-order valence-electron chi connectivity index (χ3n) is 7.44. The Morgan fingerprint density at radius 2 is 1.66 bits per heavy atom. The summed E-state index contributed by atoms with van der Waals surface area (Å²) in [5.74, 6) is -1.09. The lowest BCUT2D eigenvalue weighted by atomic mass is 9.94.